The maximum absolute atomic E-state index is 12.9. The molecule has 0 bridgehead atoms. The maximum atomic E-state index is 12.9. The molecule has 2 aromatic carbocycles. The van der Waals surface area contributed by atoms with Gasteiger partial charge >= 0.3 is 30.3 Å². The Hall–Kier alpha value is -4.33. The molecule has 1 aliphatic rings. The largest absolute Gasteiger partial charge is 0.490 e. The summed E-state index contributed by atoms with van der Waals surface area (Å²) in [5.74, 6) is -4.61. The van der Waals surface area contributed by atoms with Crippen LogP contribution in [0.25, 0.3) is 11.1 Å². The molecule has 3 aromatic rings. The summed E-state index contributed by atoms with van der Waals surface area (Å²) in [6, 6.07) is 15.1. The van der Waals surface area contributed by atoms with Crippen LogP contribution in [0.1, 0.15) is 18.0 Å². The minimum Gasteiger partial charge on any atom is -0.475 e. The molecule has 1 atom stereocenters. The number of hydrogen-bond acceptors (Lipinski definition) is 8. The molecule has 48 heavy (non-hydrogen) atoms. The quantitative estimate of drug-likeness (QED) is 0.124. The molecule has 1 unspecified atom stereocenters. The van der Waals surface area contributed by atoms with E-state index in [1.165, 1.54) is 0 Å². The summed E-state index contributed by atoms with van der Waals surface area (Å²) in [6.45, 7) is 4.42. The number of thioether (sulfide) groups is 1. The fourth-order valence-electron chi connectivity index (χ4n) is 3.90. The maximum Gasteiger partial charge on any atom is 0.490 e. The van der Waals surface area contributed by atoms with Crippen LogP contribution in [0.15, 0.2) is 65.8 Å². The van der Waals surface area contributed by atoms with Crippen LogP contribution in [0.3, 0.4) is 0 Å². The number of anilines is 1. The van der Waals surface area contributed by atoms with Crippen LogP contribution in [0, 0.1) is 0 Å². The molecule has 264 valence electrons. The van der Waals surface area contributed by atoms with Crippen LogP contribution in [0.2, 0.25) is 0 Å². The SMILES string of the molecule is O=C(Nc1ccc(-c2cn[nH]c2)cc1SCCN1CCOCC1)NC(CCO)c1ccccc1.O=C(O)C(F)(F)F.O=C(O)C(F)(F)F. The van der Waals surface area contributed by atoms with Crippen LogP contribution in [0.4, 0.5) is 36.8 Å². The average molecular weight is 710 g/mol. The first-order valence-electron chi connectivity index (χ1n) is 14.0. The van der Waals surface area contributed by atoms with Crippen molar-refractivity contribution in [2.24, 2.45) is 0 Å². The first-order chi connectivity index (χ1) is 22.6. The van der Waals surface area contributed by atoms with Crippen molar-refractivity contribution in [3.63, 3.8) is 0 Å². The molecule has 0 saturated carbocycles. The number of halogens is 6. The van der Waals surface area contributed by atoms with Gasteiger partial charge in [0.15, 0.2) is 0 Å². The zero-order chi connectivity index (χ0) is 35.7. The first-order valence-corrected chi connectivity index (χ1v) is 15.0. The van der Waals surface area contributed by atoms with Gasteiger partial charge in [0, 0.05) is 48.6 Å². The van der Waals surface area contributed by atoms with Crippen molar-refractivity contribution >= 4 is 35.4 Å². The van der Waals surface area contributed by atoms with Crippen molar-refractivity contribution in [3.8, 4) is 11.1 Å². The Balaban J connectivity index is 0.000000479. The third kappa shape index (κ3) is 14.6. The fourth-order valence-corrected chi connectivity index (χ4v) is 4.95. The Kier molecular flexibility index (Phi) is 16.2. The molecule has 1 aliphatic heterocycles. The lowest BCUT2D eigenvalue weighted by Gasteiger charge is -2.26. The van der Waals surface area contributed by atoms with E-state index < -0.39 is 24.3 Å². The summed E-state index contributed by atoms with van der Waals surface area (Å²) in [5.41, 5.74) is 3.75. The molecule has 0 aliphatic carbocycles. The third-order valence-corrected chi connectivity index (χ3v) is 7.28. The van der Waals surface area contributed by atoms with Crippen molar-refractivity contribution in [3.05, 3.63) is 66.5 Å². The highest BCUT2D eigenvalue weighted by Gasteiger charge is 2.38. The third-order valence-electron chi connectivity index (χ3n) is 6.24. The van der Waals surface area contributed by atoms with Crippen LogP contribution in [-0.2, 0) is 14.3 Å². The zero-order valence-corrected chi connectivity index (χ0v) is 25.9. The van der Waals surface area contributed by atoms with E-state index in [1.54, 1.807) is 18.0 Å². The second-order valence-corrected chi connectivity index (χ2v) is 10.8. The standard InChI is InChI=1S/C25H31N5O3S.2C2HF3O2/c31-12-8-22(19-4-2-1-3-5-19)28-25(32)29-23-7-6-20(21-17-26-27-18-21)16-24(23)34-15-11-30-9-13-33-14-10-30;2*3-2(4,5)1(6)7/h1-7,16-18,22,31H,8-15H2,(H,26,27)(H2,28,29,32);2*(H,6,7). The molecule has 1 fully saturated rings. The minimum atomic E-state index is -5.08. The Morgan fingerprint density at radius 2 is 1.56 bits per heavy atom. The highest BCUT2D eigenvalue weighted by atomic mass is 32.2. The highest BCUT2D eigenvalue weighted by Crippen LogP contribution is 2.32. The van der Waals surface area contributed by atoms with Crippen LogP contribution in [0.5, 0.6) is 0 Å². The van der Waals surface area contributed by atoms with Crippen molar-refractivity contribution in [2.45, 2.75) is 29.7 Å². The molecule has 0 radical (unpaired) electrons. The zero-order valence-electron chi connectivity index (χ0n) is 25.1. The molecular weight excluding hydrogens is 676 g/mol. The number of ether oxygens (including phenoxy) is 1. The van der Waals surface area contributed by atoms with E-state index in [0.29, 0.717) is 6.42 Å². The van der Waals surface area contributed by atoms with Gasteiger partial charge in [-0.15, -0.1) is 11.8 Å². The normalized spacial score (nSPS) is 14.0. The van der Waals surface area contributed by atoms with Crippen molar-refractivity contribution in [1.29, 1.82) is 0 Å². The van der Waals surface area contributed by atoms with Crippen molar-refractivity contribution in [2.75, 3.05) is 50.5 Å². The van der Waals surface area contributed by atoms with Gasteiger partial charge < -0.3 is 30.7 Å². The molecule has 2 amide bonds. The summed E-state index contributed by atoms with van der Waals surface area (Å²) in [6.07, 6.45) is -6.08. The topological polar surface area (TPSA) is 177 Å². The molecule has 1 saturated heterocycles. The summed E-state index contributed by atoms with van der Waals surface area (Å²) in [7, 11) is 0. The number of aromatic nitrogens is 2. The number of carboxylic acids is 2. The predicted molar refractivity (Wildman–Crippen MR) is 162 cm³/mol. The van der Waals surface area contributed by atoms with Crippen LogP contribution >= 0.6 is 11.8 Å². The number of aliphatic carboxylic acids is 2. The molecular formula is C29H33F6N5O7S. The summed E-state index contributed by atoms with van der Waals surface area (Å²) in [4.78, 5) is 34.1. The van der Waals surface area contributed by atoms with E-state index in [1.807, 2.05) is 48.7 Å². The number of aliphatic hydroxyl groups excluding tert-OH is 1. The number of aromatic amines is 1. The number of nitrogens with one attached hydrogen (secondary N) is 3. The van der Waals surface area contributed by atoms with Gasteiger partial charge in [-0.3, -0.25) is 10.00 Å². The first kappa shape index (κ1) is 39.8. The number of carbonyl (C=O) groups is 3. The van der Waals surface area contributed by atoms with Gasteiger partial charge in [0.2, 0.25) is 0 Å². The molecule has 19 heteroatoms. The Labute approximate surface area is 274 Å². The summed E-state index contributed by atoms with van der Waals surface area (Å²) >= 11 is 1.72. The van der Waals surface area contributed by atoms with E-state index in [-0.39, 0.29) is 18.7 Å². The number of carboxylic acid groups (broad SMARTS) is 2. The Bertz CT molecular complexity index is 1400. The number of benzene rings is 2. The van der Waals surface area contributed by atoms with Gasteiger partial charge in [0.05, 0.1) is 31.1 Å². The smallest absolute Gasteiger partial charge is 0.475 e. The summed E-state index contributed by atoms with van der Waals surface area (Å²) in [5, 5.41) is 36.7. The number of alkyl halides is 6. The summed E-state index contributed by atoms with van der Waals surface area (Å²) < 4.78 is 68.9. The number of morpholine rings is 1. The lowest BCUT2D eigenvalue weighted by Crippen LogP contribution is -2.37. The lowest BCUT2D eigenvalue weighted by atomic mass is 10.0. The van der Waals surface area contributed by atoms with Crippen LogP contribution in [-0.4, -0.2) is 106 Å². The van der Waals surface area contributed by atoms with Crippen molar-refractivity contribution in [1.82, 2.24) is 20.4 Å². The molecule has 4 rings (SSSR count). The number of carbonyl (C=O) groups excluding carboxylic acids is 1. The molecule has 1 aromatic heterocycles. The number of amides is 2. The van der Waals surface area contributed by atoms with Gasteiger partial charge in [0.1, 0.15) is 0 Å². The molecule has 2 heterocycles. The number of aliphatic hydroxyl groups is 1. The van der Waals surface area contributed by atoms with E-state index >= 15 is 0 Å². The minimum absolute atomic E-state index is 0.0120. The second kappa shape index (κ2) is 19.5. The van der Waals surface area contributed by atoms with Crippen LogP contribution < -0.4 is 10.6 Å². The van der Waals surface area contributed by atoms with Gasteiger partial charge in [-0.2, -0.15) is 31.4 Å². The highest BCUT2D eigenvalue weighted by molar-refractivity contribution is 7.99. The van der Waals surface area contributed by atoms with Gasteiger partial charge in [-0.05, 0) is 29.7 Å². The van der Waals surface area contributed by atoms with Gasteiger partial charge in [-0.25, -0.2) is 14.4 Å². The van der Waals surface area contributed by atoms with E-state index in [4.69, 9.17) is 24.5 Å². The lowest BCUT2D eigenvalue weighted by molar-refractivity contribution is -0.193. The number of H-pyrrole nitrogens is 1. The van der Waals surface area contributed by atoms with Gasteiger partial charge in [-0.1, -0.05) is 36.4 Å². The van der Waals surface area contributed by atoms with E-state index in [2.05, 4.69) is 31.8 Å². The number of rotatable bonds is 10. The number of nitrogens with zero attached hydrogens (tertiary/aromatic N) is 2. The predicted octanol–water partition coefficient (Wildman–Crippen LogP) is 5.01. The Morgan fingerprint density at radius 3 is 2.08 bits per heavy atom. The number of urea groups is 1. The fraction of sp³-hybridized carbons (Fsp3) is 0.379. The Morgan fingerprint density at radius 1 is 0.958 bits per heavy atom. The number of hydrogen-bond donors (Lipinski definition) is 6. The average Bonchev–Trinajstić information content (AvgIpc) is 3.58. The van der Waals surface area contributed by atoms with E-state index in [0.717, 1.165) is 65.9 Å². The van der Waals surface area contributed by atoms with Gasteiger partial charge in [0.25, 0.3) is 0 Å². The molecule has 12 nitrogen and oxygen atoms in total. The monoisotopic (exact) mass is 709 g/mol. The van der Waals surface area contributed by atoms with Crippen molar-refractivity contribution < 1.29 is 60.8 Å². The molecule has 0 spiro atoms. The molecule has 6 N–H and O–H groups in total. The second-order valence-electron chi connectivity index (χ2n) is 9.68. The van der Waals surface area contributed by atoms with E-state index in [9.17, 15) is 36.2 Å².